The number of carbonyl (C=O) groups excluding carboxylic acids is 2. The molecule has 0 saturated heterocycles. The minimum atomic E-state index is -0.798. The highest BCUT2D eigenvalue weighted by Crippen LogP contribution is 2.25. The van der Waals surface area contributed by atoms with Gasteiger partial charge in [0.05, 0.1) is 13.7 Å². The predicted molar refractivity (Wildman–Crippen MR) is 105 cm³/mol. The number of nitrogens with zero attached hydrogens (tertiary/aromatic N) is 4. The Labute approximate surface area is 174 Å². The van der Waals surface area contributed by atoms with Gasteiger partial charge in [-0.05, 0) is 30.3 Å². The van der Waals surface area contributed by atoms with Gasteiger partial charge in [0.2, 0.25) is 5.91 Å². The molecule has 11 heteroatoms. The minimum absolute atomic E-state index is 0.0653. The van der Waals surface area contributed by atoms with E-state index in [9.17, 15) is 23.2 Å². The average molecular weight is 429 g/mol. The van der Waals surface area contributed by atoms with Gasteiger partial charge >= 0.3 is 11.7 Å². The number of hydrogen-bond donors (Lipinski definition) is 1. The Bertz CT molecular complexity index is 1220. The molecule has 2 amide bonds. The van der Waals surface area contributed by atoms with Crippen LogP contribution in [0.1, 0.15) is 11.4 Å². The molecule has 9 nitrogen and oxygen atoms in total. The third kappa shape index (κ3) is 3.89. The van der Waals surface area contributed by atoms with Gasteiger partial charge in [-0.1, -0.05) is 6.07 Å². The SMILES string of the molecule is COc1ccc(N2Cc3nc(=O)n(CC(=O)NCc4ccc(F)cc4F)n3C2=O)cc1. The van der Waals surface area contributed by atoms with Crippen LogP contribution in [0.4, 0.5) is 19.3 Å². The van der Waals surface area contributed by atoms with Crippen molar-refractivity contribution in [2.75, 3.05) is 12.0 Å². The molecule has 1 aliphatic rings. The zero-order valence-electron chi connectivity index (χ0n) is 16.3. The molecule has 2 aromatic carbocycles. The van der Waals surface area contributed by atoms with Crippen LogP contribution in [0.15, 0.2) is 47.3 Å². The van der Waals surface area contributed by atoms with Gasteiger partial charge in [0.1, 0.15) is 23.9 Å². The lowest BCUT2D eigenvalue weighted by molar-refractivity contribution is -0.122. The lowest BCUT2D eigenvalue weighted by atomic mass is 10.2. The molecular formula is C20H17F2N5O4. The van der Waals surface area contributed by atoms with Crippen LogP contribution in [0.5, 0.6) is 5.75 Å². The Morgan fingerprint density at radius 3 is 2.58 bits per heavy atom. The maximum absolute atomic E-state index is 13.7. The van der Waals surface area contributed by atoms with Crippen LogP contribution in [0.2, 0.25) is 0 Å². The Hall–Kier alpha value is -4.02. The van der Waals surface area contributed by atoms with Crippen LogP contribution in [0.25, 0.3) is 0 Å². The molecule has 0 unspecified atom stereocenters. The molecule has 1 N–H and O–H groups in total. The predicted octanol–water partition coefficient (Wildman–Crippen LogP) is 1.64. The third-order valence-electron chi connectivity index (χ3n) is 4.81. The number of aromatic nitrogens is 3. The normalized spacial score (nSPS) is 12.7. The molecule has 31 heavy (non-hydrogen) atoms. The van der Waals surface area contributed by atoms with E-state index >= 15 is 0 Å². The van der Waals surface area contributed by atoms with Crippen molar-refractivity contribution in [3.8, 4) is 5.75 Å². The van der Waals surface area contributed by atoms with E-state index < -0.39 is 35.8 Å². The first-order chi connectivity index (χ1) is 14.9. The van der Waals surface area contributed by atoms with E-state index in [1.807, 2.05) is 0 Å². The van der Waals surface area contributed by atoms with Crippen molar-refractivity contribution in [2.24, 2.45) is 0 Å². The monoisotopic (exact) mass is 429 g/mol. The number of halogens is 2. The van der Waals surface area contributed by atoms with Crippen molar-refractivity contribution < 1.29 is 23.1 Å². The highest BCUT2D eigenvalue weighted by Gasteiger charge is 2.33. The van der Waals surface area contributed by atoms with Gasteiger partial charge in [0, 0.05) is 23.9 Å². The number of ether oxygens (including phenoxy) is 1. The molecule has 1 aliphatic heterocycles. The molecule has 0 aliphatic carbocycles. The Morgan fingerprint density at radius 2 is 1.90 bits per heavy atom. The summed E-state index contributed by atoms with van der Waals surface area (Å²) in [5.74, 6) is -1.34. The zero-order valence-corrected chi connectivity index (χ0v) is 16.3. The number of amides is 2. The van der Waals surface area contributed by atoms with Crippen molar-refractivity contribution in [3.63, 3.8) is 0 Å². The smallest absolute Gasteiger partial charge is 0.365 e. The van der Waals surface area contributed by atoms with E-state index in [0.717, 1.165) is 15.4 Å². The van der Waals surface area contributed by atoms with Crippen LogP contribution in [-0.4, -0.2) is 33.4 Å². The summed E-state index contributed by atoms with van der Waals surface area (Å²) in [7, 11) is 1.53. The fourth-order valence-electron chi connectivity index (χ4n) is 3.23. The quantitative estimate of drug-likeness (QED) is 0.642. The maximum atomic E-state index is 13.7. The van der Waals surface area contributed by atoms with Crippen LogP contribution < -0.4 is 20.6 Å². The molecule has 0 saturated carbocycles. The number of rotatable bonds is 6. The van der Waals surface area contributed by atoms with Gasteiger partial charge in [-0.25, -0.2) is 23.1 Å². The minimum Gasteiger partial charge on any atom is -0.497 e. The largest absolute Gasteiger partial charge is 0.497 e. The Kier molecular flexibility index (Phi) is 5.24. The summed E-state index contributed by atoms with van der Waals surface area (Å²) in [5, 5.41) is 2.45. The lowest BCUT2D eigenvalue weighted by Gasteiger charge is -2.16. The number of fused-ring (bicyclic) bond motifs is 1. The molecule has 0 atom stereocenters. The first-order valence-electron chi connectivity index (χ1n) is 9.22. The van der Waals surface area contributed by atoms with Gasteiger partial charge in [0.15, 0.2) is 5.82 Å². The summed E-state index contributed by atoms with van der Waals surface area (Å²) >= 11 is 0. The highest BCUT2D eigenvalue weighted by atomic mass is 19.1. The van der Waals surface area contributed by atoms with Crippen LogP contribution in [0, 0.1) is 11.6 Å². The van der Waals surface area contributed by atoms with E-state index in [1.54, 1.807) is 24.3 Å². The number of methoxy groups -OCH3 is 1. The number of carbonyl (C=O) groups is 2. The van der Waals surface area contributed by atoms with Gasteiger partial charge in [-0.2, -0.15) is 9.67 Å². The fourth-order valence-corrected chi connectivity index (χ4v) is 3.23. The molecule has 0 spiro atoms. The summed E-state index contributed by atoms with van der Waals surface area (Å²) in [4.78, 5) is 42.6. The number of anilines is 1. The number of hydrogen-bond acceptors (Lipinski definition) is 5. The summed E-state index contributed by atoms with van der Waals surface area (Å²) in [6, 6.07) is 9.23. The van der Waals surface area contributed by atoms with Gasteiger partial charge in [-0.3, -0.25) is 9.69 Å². The fraction of sp³-hybridized carbons (Fsp3) is 0.200. The molecule has 0 fully saturated rings. The molecule has 2 heterocycles. The molecule has 1 aromatic heterocycles. The van der Waals surface area contributed by atoms with Crippen LogP contribution in [0.3, 0.4) is 0 Å². The summed E-state index contributed by atoms with van der Waals surface area (Å²) in [5.41, 5.74) is -0.0882. The highest BCUT2D eigenvalue weighted by molar-refractivity contribution is 5.95. The average Bonchev–Trinajstić information content (AvgIpc) is 3.23. The van der Waals surface area contributed by atoms with Crippen molar-refractivity contribution in [1.29, 1.82) is 0 Å². The van der Waals surface area contributed by atoms with E-state index in [4.69, 9.17) is 4.74 Å². The van der Waals surface area contributed by atoms with Crippen molar-refractivity contribution in [3.05, 3.63) is 76.0 Å². The van der Waals surface area contributed by atoms with E-state index in [2.05, 4.69) is 10.3 Å². The van der Waals surface area contributed by atoms with E-state index in [-0.39, 0.29) is 24.5 Å². The lowest BCUT2D eigenvalue weighted by Crippen LogP contribution is -2.38. The molecular weight excluding hydrogens is 412 g/mol. The first-order valence-corrected chi connectivity index (χ1v) is 9.22. The number of nitrogens with one attached hydrogen (secondary N) is 1. The van der Waals surface area contributed by atoms with Crippen molar-refractivity contribution >= 4 is 17.6 Å². The zero-order chi connectivity index (χ0) is 22.1. The summed E-state index contributed by atoms with van der Waals surface area (Å²) in [6.07, 6.45) is 0. The van der Waals surface area contributed by atoms with Gasteiger partial charge < -0.3 is 10.1 Å². The number of benzene rings is 2. The van der Waals surface area contributed by atoms with Gasteiger partial charge in [-0.15, -0.1) is 0 Å². The second kappa shape index (κ2) is 8.01. The third-order valence-corrected chi connectivity index (χ3v) is 4.81. The van der Waals surface area contributed by atoms with E-state index in [1.165, 1.54) is 18.1 Å². The topological polar surface area (TPSA) is 98.5 Å². The molecule has 0 radical (unpaired) electrons. The van der Waals surface area contributed by atoms with Crippen LogP contribution in [-0.2, 0) is 24.4 Å². The van der Waals surface area contributed by atoms with Crippen molar-refractivity contribution in [1.82, 2.24) is 19.7 Å². The second-order valence-corrected chi connectivity index (χ2v) is 6.76. The molecule has 160 valence electrons. The first kappa shape index (κ1) is 20.3. The molecule has 0 bridgehead atoms. The standard InChI is InChI=1S/C20H17F2N5O4/c1-31-15-6-4-14(5-7-15)25-10-17-24-19(29)26(27(17)20(25)30)11-18(28)23-9-12-2-3-13(21)8-16(12)22/h2-8H,9-11H2,1H3,(H,23,28). The van der Waals surface area contributed by atoms with Crippen LogP contribution >= 0.6 is 0 Å². The van der Waals surface area contributed by atoms with Crippen molar-refractivity contribution in [2.45, 2.75) is 19.6 Å². The Balaban J connectivity index is 1.48. The molecule has 3 aromatic rings. The maximum Gasteiger partial charge on any atom is 0.365 e. The van der Waals surface area contributed by atoms with E-state index in [0.29, 0.717) is 17.5 Å². The Morgan fingerprint density at radius 1 is 1.16 bits per heavy atom. The summed E-state index contributed by atoms with van der Waals surface area (Å²) < 4.78 is 33.7. The van der Waals surface area contributed by atoms with Gasteiger partial charge in [0.25, 0.3) is 0 Å². The second-order valence-electron chi connectivity index (χ2n) is 6.76. The summed E-state index contributed by atoms with van der Waals surface area (Å²) in [6.45, 7) is -0.626. The molecule has 4 rings (SSSR count).